The normalized spacial score (nSPS) is 45.9. The van der Waals surface area contributed by atoms with E-state index in [1.165, 1.54) is 25.9 Å². The maximum absolute atomic E-state index is 3.43. The SMILES string of the molecule is CNC1CC2CNCCC21. The lowest BCUT2D eigenvalue weighted by Gasteiger charge is -2.48. The summed E-state index contributed by atoms with van der Waals surface area (Å²) in [4.78, 5) is 0. The Morgan fingerprint density at radius 3 is 3.10 bits per heavy atom. The predicted octanol–water partition coefficient (Wildman–Crippen LogP) is 0.204. The number of piperidine rings is 1. The molecule has 2 heteroatoms. The van der Waals surface area contributed by atoms with E-state index in [0.29, 0.717) is 0 Å². The lowest BCUT2D eigenvalue weighted by molar-refractivity contribution is 0.0772. The van der Waals surface area contributed by atoms with Crippen molar-refractivity contribution in [1.82, 2.24) is 10.6 Å². The van der Waals surface area contributed by atoms with Crippen molar-refractivity contribution in [2.75, 3.05) is 20.1 Å². The van der Waals surface area contributed by atoms with Crippen LogP contribution in [0.2, 0.25) is 0 Å². The van der Waals surface area contributed by atoms with Crippen molar-refractivity contribution in [2.24, 2.45) is 11.8 Å². The summed E-state index contributed by atoms with van der Waals surface area (Å²) in [7, 11) is 2.09. The molecule has 0 bridgehead atoms. The molecule has 3 atom stereocenters. The second-order valence-electron chi connectivity index (χ2n) is 3.55. The summed E-state index contributed by atoms with van der Waals surface area (Å²) < 4.78 is 0. The van der Waals surface area contributed by atoms with Gasteiger partial charge in [-0.1, -0.05) is 0 Å². The Labute approximate surface area is 62.4 Å². The third-order valence-electron chi connectivity index (χ3n) is 3.11. The molecule has 58 valence electrons. The van der Waals surface area contributed by atoms with Crippen LogP contribution in [0, 0.1) is 11.8 Å². The molecule has 1 aliphatic carbocycles. The third-order valence-corrected chi connectivity index (χ3v) is 3.11. The van der Waals surface area contributed by atoms with Gasteiger partial charge in [-0.05, 0) is 44.8 Å². The van der Waals surface area contributed by atoms with Crippen LogP contribution in [0.15, 0.2) is 0 Å². The van der Waals surface area contributed by atoms with Crippen LogP contribution in [-0.2, 0) is 0 Å². The Balaban J connectivity index is 1.89. The Morgan fingerprint density at radius 1 is 1.50 bits per heavy atom. The van der Waals surface area contributed by atoms with Crippen LogP contribution in [0.25, 0.3) is 0 Å². The molecule has 0 amide bonds. The highest BCUT2D eigenvalue weighted by Gasteiger charge is 2.40. The Morgan fingerprint density at radius 2 is 2.40 bits per heavy atom. The minimum absolute atomic E-state index is 0.840. The first-order valence-corrected chi connectivity index (χ1v) is 4.30. The first kappa shape index (κ1) is 6.62. The lowest BCUT2D eigenvalue weighted by atomic mass is 9.66. The number of hydrogen-bond acceptors (Lipinski definition) is 2. The zero-order valence-electron chi connectivity index (χ0n) is 6.56. The molecule has 1 saturated carbocycles. The average Bonchev–Trinajstić information content (AvgIpc) is 1.92. The molecular weight excluding hydrogens is 124 g/mol. The summed E-state index contributed by atoms with van der Waals surface area (Å²) in [5.74, 6) is 1.98. The van der Waals surface area contributed by atoms with Gasteiger partial charge in [0, 0.05) is 6.04 Å². The third kappa shape index (κ3) is 0.867. The van der Waals surface area contributed by atoms with Crippen LogP contribution < -0.4 is 10.6 Å². The van der Waals surface area contributed by atoms with E-state index in [4.69, 9.17) is 0 Å². The lowest BCUT2D eigenvalue weighted by Crippen LogP contribution is -2.56. The number of nitrogens with one attached hydrogen (secondary N) is 2. The highest BCUT2D eigenvalue weighted by atomic mass is 15.0. The van der Waals surface area contributed by atoms with E-state index in [2.05, 4.69) is 17.7 Å². The molecule has 0 aromatic rings. The summed E-state index contributed by atoms with van der Waals surface area (Å²) in [6, 6.07) is 0.840. The number of rotatable bonds is 1. The molecule has 2 fully saturated rings. The molecule has 0 spiro atoms. The van der Waals surface area contributed by atoms with Crippen LogP contribution in [0.5, 0.6) is 0 Å². The molecule has 2 nitrogen and oxygen atoms in total. The van der Waals surface area contributed by atoms with Gasteiger partial charge in [0.25, 0.3) is 0 Å². The molecule has 0 radical (unpaired) electrons. The van der Waals surface area contributed by atoms with Crippen molar-refractivity contribution in [2.45, 2.75) is 18.9 Å². The zero-order valence-corrected chi connectivity index (χ0v) is 6.56. The topological polar surface area (TPSA) is 24.1 Å². The van der Waals surface area contributed by atoms with Crippen LogP contribution in [0.1, 0.15) is 12.8 Å². The van der Waals surface area contributed by atoms with Crippen molar-refractivity contribution >= 4 is 0 Å². The van der Waals surface area contributed by atoms with E-state index >= 15 is 0 Å². The minimum Gasteiger partial charge on any atom is -0.317 e. The summed E-state index contributed by atoms with van der Waals surface area (Å²) in [5, 5.41) is 6.81. The maximum atomic E-state index is 3.43. The van der Waals surface area contributed by atoms with Gasteiger partial charge in [-0.25, -0.2) is 0 Å². The fraction of sp³-hybridized carbons (Fsp3) is 1.00. The van der Waals surface area contributed by atoms with Crippen LogP contribution >= 0.6 is 0 Å². The van der Waals surface area contributed by atoms with Gasteiger partial charge < -0.3 is 10.6 Å². The van der Waals surface area contributed by atoms with E-state index < -0.39 is 0 Å². The monoisotopic (exact) mass is 140 g/mol. The molecule has 10 heavy (non-hydrogen) atoms. The molecule has 1 aliphatic heterocycles. The fourth-order valence-corrected chi connectivity index (χ4v) is 2.37. The van der Waals surface area contributed by atoms with E-state index in [1.54, 1.807) is 0 Å². The van der Waals surface area contributed by atoms with Gasteiger partial charge in [-0.2, -0.15) is 0 Å². The second kappa shape index (κ2) is 2.51. The molecule has 2 rings (SSSR count). The van der Waals surface area contributed by atoms with E-state index in [9.17, 15) is 0 Å². The van der Waals surface area contributed by atoms with Gasteiger partial charge in [0.15, 0.2) is 0 Å². The average molecular weight is 140 g/mol. The maximum Gasteiger partial charge on any atom is 0.00991 e. The van der Waals surface area contributed by atoms with Crippen molar-refractivity contribution in [3.8, 4) is 0 Å². The molecule has 1 saturated heterocycles. The van der Waals surface area contributed by atoms with E-state index in [1.807, 2.05) is 0 Å². The molecule has 0 aromatic carbocycles. The number of fused-ring (bicyclic) bond motifs is 1. The molecule has 2 N–H and O–H groups in total. The highest BCUT2D eigenvalue weighted by molar-refractivity contribution is 4.96. The van der Waals surface area contributed by atoms with E-state index in [-0.39, 0.29) is 0 Å². The summed E-state index contributed by atoms with van der Waals surface area (Å²) in [5.41, 5.74) is 0. The minimum atomic E-state index is 0.840. The van der Waals surface area contributed by atoms with Crippen LogP contribution in [0.3, 0.4) is 0 Å². The van der Waals surface area contributed by atoms with Gasteiger partial charge in [0.05, 0.1) is 0 Å². The van der Waals surface area contributed by atoms with Crippen molar-refractivity contribution in [1.29, 1.82) is 0 Å². The zero-order chi connectivity index (χ0) is 6.97. The van der Waals surface area contributed by atoms with Crippen molar-refractivity contribution < 1.29 is 0 Å². The van der Waals surface area contributed by atoms with Crippen molar-refractivity contribution in [3.63, 3.8) is 0 Å². The van der Waals surface area contributed by atoms with Gasteiger partial charge in [-0.15, -0.1) is 0 Å². The first-order chi connectivity index (χ1) is 4.92. The quantitative estimate of drug-likeness (QED) is 0.544. The van der Waals surface area contributed by atoms with Crippen molar-refractivity contribution in [3.05, 3.63) is 0 Å². The van der Waals surface area contributed by atoms with Gasteiger partial charge in [-0.3, -0.25) is 0 Å². The standard InChI is InChI=1S/C8H16N2/c1-9-8-4-6-5-10-3-2-7(6)8/h6-10H,2-5H2,1H3. The fourth-order valence-electron chi connectivity index (χ4n) is 2.37. The summed E-state index contributed by atoms with van der Waals surface area (Å²) in [6.45, 7) is 2.50. The molecule has 3 unspecified atom stereocenters. The number of hydrogen-bond donors (Lipinski definition) is 2. The second-order valence-corrected chi connectivity index (χ2v) is 3.55. The largest absolute Gasteiger partial charge is 0.317 e. The Kier molecular flexibility index (Phi) is 1.66. The van der Waals surface area contributed by atoms with Gasteiger partial charge >= 0.3 is 0 Å². The van der Waals surface area contributed by atoms with Crippen LogP contribution in [-0.4, -0.2) is 26.2 Å². The highest BCUT2D eigenvalue weighted by Crippen LogP contribution is 2.38. The van der Waals surface area contributed by atoms with E-state index in [0.717, 1.165) is 17.9 Å². The predicted molar refractivity (Wildman–Crippen MR) is 41.9 cm³/mol. The molecular formula is C8H16N2. The summed E-state index contributed by atoms with van der Waals surface area (Å²) >= 11 is 0. The molecule has 2 aliphatic rings. The summed E-state index contributed by atoms with van der Waals surface area (Å²) in [6.07, 6.45) is 2.78. The van der Waals surface area contributed by atoms with Crippen LogP contribution in [0.4, 0.5) is 0 Å². The Hall–Kier alpha value is -0.0800. The van der Waals surface area contributed by atoms with Gasteiger partial charge in [0.1, 0.15) is 0 Å². The Bertz CT molecular complexity index is 120. The van der Waals surface area contributed by atoms with Gasteiger partial charge in [0.2, 0.25) is 0 Å². The smallest absolute Gasteiger partial charge is 0.00991 e. The molecule has 0 aromatic heterocycles. The molecule has 1 heterocycles. The first-order valence-electron chi connectivity index (χ1n) is 4.30.